The molecule has 110 valence electrons. The van der Waals surface area contributed by atoms with Crippen LogP contribution in [0.5, 0.6) is 0 Å². The van der Waals surface area contributed by atoms with Gasteiger partial charge in [0.05, 0.1) is 16.5 Å². The predicted molar refractivity (Wildman–Crippen MR) is 68.7 cm³/mol. The van der Waals surface area contributed by atoms with E-state index in [9.17, 15) is 12.8 Å². The molecule has 0 aliphatic rings. The quantitative estimate of drug-likeness (QED) is 0.791. The SMILES string of the molecule is COC(OC)C(C)NS(=O)(=O)c1ccc(F)c(C#N)c1. The van der Waals surface area contributed by atoms with Crippen LogP contribution in [-0.2, 0) is 19.5 Å². The number of hydrogen-bond donors (Lipinski definition) is 1. The third kappa shape index (κ3) is 3.74. The van der Waals surface area contributed by atoms with Crippen LogP contribution in [0.4, 0.5) is 4.39 Å². The molecule has 0 aromatic heterocycles. The highest BCUT2D eigenvalue weighted by Gasteiger charge is 2.24. The second-order valence-corrected chi connectivity index (χ2v) is 5.72. The van der Waals surface area contributed by atoms with E-state index in [1.807, 2.05) is 0 Å². The first-order valence-corrected chi connectivity index (χ1v) is 7.11. The number of nitrogens with zero attached hydrogens (tertiary/aromatic N) is 1. The molecule has 0 radical (unpaired) electrons. The van der Waals surface area contributed by atoms with Gasteiger partial charge >= 0.3 is 0 Å². The molecule has 0 fully saturated rings. The first kappa shape index (κ1) is 16.5. The van der Waals surface area contributed by atoms with Gasteiger partial charge in [-0.25, -0.2) is 17.5 Å². The summed E-state index contributed by atoms with van der Waals surface area (Å²) in [6.45, 7) is 1.56. The van der Waals surface area contributed by atoms with Gasteiger partial charge in [-0.3, -0.25) is 0 Å². The minimum Gasteiger partial charge on any atom is -0.354 e. The van der Waals surface area contributed by atoms with Crippen molar-refractivity contribution < 1.29 is 22.3 Å². The second-order valence-electron chi connectivity index (χ2n) is 4.00. The van der Waals surface area contributed by atoms with Gasteiger partial charge in [-0.2, -0.15) is 5.26 Å². The van der Waals surface area contributed by atoms with E-state index in [1.54, 1.807) is 13.0 Å². The molecule has 0 heterocycles. The standard InChI is InChI=1S/C12H15FN2O4S/c1-8(12(18-2)19-3)15-20(16,17)10-4-5-11(13)9(6-10)7-14/h4-6,8,12,15H,1-3H3. The van der Waals surface area contributed by atoms with Gasteiger partial charge in [0.1, 0.15) is 11.9 Å². The molecule has 1 unspecified atom stereocenters. The molecule has 1 N–H and O–H groups in total. The van der Waals surface area contributed by atoms with Crippen molar-refractivity contribution in [1.82, 2.24) is 4.72 Å². The van der Waals surface area contributed by atoms with E-state index in [4.69, 9.17) is 14.7 Å². The zero-order valence-corrected chi connectivity index (χ0v) is 12.1. The van der Waals surface area contributed by atoms with Crippen LogP contribution >= 0.6 is 0 Å². The molecule has 0 bridgehead atoms. The van der Waals surface area contributed by atoms with Crippen LogP contribution in [0.3, 0.4) is 0 Å². The lowest BCUT2D eigenvalue weighted by atomic mass is 10.2. The fraction of sp³-hybridized carbons (Fsp3) is 0.417. The lowest BCUT2D eigenvalue weighted by molar-refractivity contribution is -0.115. The minimum atomic E-state index is -3.90. The highest BCUT2D eigenvalue weighted by molar-refractivity contribution is 7.89. The molecule has 0 saturated heterocycles. The smallest absolute Gasteiger partial charge is 0.241 e. The molecule has 6 nitrogen and oxygen atoms in total. The molecule has 1 aromatic carbocycles. The summed E-state index contributed by atoms with van der Waals surface area (Å²) in [6.07, 6.45) is -0.763. The van der Waals surface area contributed by atoms with Crippen LogP contribution < -0.4 is 4.72 Å². The van der Waals surface area contributed by atoms with Crippen LogP contribution in [0.25, 0.3) is 0 Å². The van der Waals surface area contributed by atoms with Crippen molar-refractivity contribution in [2.45, 2.75) is 24.2 Å². The van der Waals surface area contributed by atoms with Crippen molar-refractivity contribution in [2.24, 2.45) is 0 Å². The summed E-state index contributed by atoms with van der Waals surface area (Å²) < 4.78 is 49.6. The van der Waals surface area contributed by atoms with Crippen molar-refractivity contribution in [3.05, 3.63) is 29.6 Å². The first-order chi connectivity index (χ1) is 9.35. The van der Waals surface area contributed by atoms with Crippen molar-refractivity contribution in [3.63, 3.8) is 0 Å². The predicted octanol–water partition coefficient (Wildman–Crippen LogP) is 0.983. The van der Waals surface area contributed by atoms with E-state index in [0.717, 1.165) is 18.2 Å². The fourth-order valence-electron chi connectivity index (χ4n) is 1.63. The monoisotopic (exact) mass is 302 g/mol. The maximum Gasteiger partial charge on any atom is 0.241 e. The Balaban J connectivity index is 3.03. The number of nitrogens with one attached hydrogen (secondary N) is 1. The highest BCUT2D eigenvalue weighted by Crippen LogP contribution is 2.15. The highest BCUT2D eigenvalue weighted by atomic mass is 32.2. The summed E-state index contributed by atoms with van der Waals surface area (Å²) in [5.41, 5.74) is -0.337. The molecule has 1 atom stereocenters. The normalized spacial score (nSPS) is 13.2. The summed E-state index contributed by atoms with van der Waals surface area (Å²) >= 11 is 0. The van der Waals surface area contributed by atoms with E-state index in [2.05, 4.69) is 4.72 Å². The van der Waals surface area contributed by atoms with Gasteiger partial charge in [0, 0.05) is 14.2 Å². The molecular weight excluding hydrogens is 287 g/mol. The number of benzene rings is 1. The average Bonchev–Trinajstić information content (AvgIpc) is 2.39. The minimum absolute atomic E-state index is 0.201. The third-order valence-electron chi connectivity index (χ3n) is 2.58. The Morgan fingerprint density at radius 1 is 1.35 bits per heavy atom. The molecule has 1 rings (SSSR count). The molecule has 0 aliphatic heterocycles. The summed E-state index contributed by atoms with van der Waals surface area (Å²) in [4.78, 5) is -0.201. The Bertz CT molecular complexity index is 608. The fourth-order valence-corrected chi connectivity index (χ4v) is 2.89. The molecule has 0 aliphatic carbocycles. The third-order valence-corrected chi connectivity index (χ3v) is 4.14. The van der Waals surface area contributed by atoms with Crippen LogP contribution in [0, 0.1) is 17.1 Å². The summed E-state index contributed by atoms with van der Waals surface area (Å²) in [7, 11) is -1.14. The topological polar surface area (TPSA) is 88.4 Å². The Morgan fingerprint density at radius 2 is 1.95 bits per heavy atom. The summed E-state index contributed by atoms with van der Waals surface area (Å²) in [5, 5.41) is 8.71. The molecule has 0 saturated carbocycles. The van der Waals surface area contributed by atoms with Crippen molar-refractivity contribution in [3.8, 4) is 6.07 Å². The lowest BCUT2D eigenvalue weighted by Crippen LogP contribution is -2.42. The van der Waals surface area contributed by atoms with Gasteiger partial charge in [-0.05, 0) is 25.1 Å². The van der Waals surface area contributed by atoms with E-state index >= 15 is 0 Å². The second kappa shape index (κ2) is 6.76. The largest absolute Gasteiger partial charge is 0.354 e. The van der Waals surface area contributed by atoms with Crippen molar-refractivity contribution in [1.29, 1.82) is 5.26 Å². The lowest BCUT2D eigenvalue weighted by Gasteiger charge is -2.22. The Kier molecular flexibility index (Phi) is 5.59. The van der Waals surface area contributed by atoms with Crippen LogP contribution in [0.15, 0.2) is 23.1 Å². The summed E-state index contributed by atoms with van der Waals surface area (Å²) in [6, 6.07) is 3.91. The van der Waals surface area contributed by atoms with Gasteiger partial charge < -0.3 is 9.47 Å². The molecular formula is C12H15FN2O4S. The molecule has 20 heavy (non-hydrogen) atoms. The van der Waals surface area contributed by atoms with Gasteiger partial charge in [-0.1, -0.05) is 0 Å². The molecule has 1 aromatic rings. The number of rotatable bonds is 6. The number of nitriles is 1. The average molecular weight is 302 g/mol. The van der Waals surface area contributed by atoms with E-state index in [1.165, 1.54) is 14.2 Å². The Hall–Kier alpha value is -1.53. The van der Waals surface area contributed by atoms with Crippen molar-refractivity contribution >= 4 is 10.0 Å². The molecule has 8 heteroatoms. The van der Waals surface area contributed by atoms with Crippen LogP contribution in [-0.4, -0.2) is 35.0 Å². The zero-order chi connectivity index (χ0) is 15.3. The van der Waals surface area contributed by atoms with Gasteiger partial charge in [0.2, 0.25) is 10.0 Å². The molecule has 0 amide bonds. The van der Waals surface area contributed by atoms with Gasteiger partial charge in [0.25, 0.3) is 0 Å². The van der Waals surface area contributed by atoms with Gasteiger partial charge in [-0.15, -0.1) is 0 Å². The van der Waals surface area contributed by atoms with E-state index in [-0.39, 0.29) is 10.5 Å². The number of hydrogen-bond acceptors (Lipinski definition) is 5. The van der Waals surface area contributed by atoms with Crippen LogP contribution in [0.1, 0.15) is 12.5 Å². The number of methoxy groups -OCH3 is 2. The van der Waals surface area contributed by atoms with Gasteiger partial charge in [0.15, 0.2) is 6.29 Å². The first-order valence-electron chi connectivity index (χ1n) is 5.63. The number of sulfonamides is 1. The summed E-state index contributed by atoms with van der Waals surface area (Å²) in [5.74, 6) is -0.772. The maximum atomic E-state index is 13.2. The maximum absolute atomic E-state index is 13.2. The van der Waals surface area contributed by atoms with Crippen LogP contribution in [0.2, 0.25) is 0 Å². The Labute approximate surface area is 117 Å². The van der Waals surface area contributed by atoms with E-state index in [0.29, 0.717) is 0 Å². The number of halogens is 1. The molecule has 0 spiro atoms. The zero-order valence-electron chi connectivity index (χ0n) is 11.3. The van der Waals surface area contributed by atoms with Crippen molar-refractivity contribution in [2.75, 3.05) is 14.2 Å². The Morgan fingerprint density at radius 3 is 2.45 bits per heavy atom. The number of ether oxygens (including phenoxy) is 2. The van der Waals surface area contributed by atoms with E-state index < -0.39 is 28.2 Å².